The molecule has 0 bridgehead atoms. The zero-order valence-corrected chi connectivity index (χ0v) is 47.2. The lowest BCUT2D eigenvalue weighted by atomic mass is 9.85. The summed E-state index contributed by atoms with van der Waals surface area (Å²) in [6.45, 7) is 13.7. The molecule has 0 spiro atoms. The summed E-state index contributed by atoms with van der Waals surface area (Å²) in [7, 11) is 0. The van der Waals surface area contributed by atoms with E-state index in [2.05, 4.69) is 262 Å². The number of nitrogens with zero attached hydrogens (tertiary/aromatic N) is 8. The van der Waals surface area contributed by atoms with Crippen LogP contribution in [0.25, 0.3) is 139 Å². The number of aromatic nitrogens is 8. The second-order valence-corrected chi connectivity index (χ2v) is 23.8. The molecule has 0 fully saturated rings. The highest BCUT2D eigenvalue weighted by Gasteiger charge is 2.31. The third-order valence-electron chi connectivity index (χ3n) is 16.5. The van der Waals surface area contributed by atoms with Crippen LogP contribution < -0.4 is 0 Å². The fourth-order valence-electron chi connectivity index (χ4n) is 12.2. The number of hydrogen-bond acceptors (Lipinski definition) is 5. The minimum absolute atomic E-state index is 0.0989. The molecule has 5 heterocycles. The Balaban J connectivity index is 1.15. The fraction of sp³-hybridized carbons (Fsp3) is 0.107. The highest BCUT2D eigenvalue weighted by atomic mass is 15.2. The van der Waals surface area contributed by atoms with Gasteiger partial charge in [0.25, 0.3) is 0 Å². The first-order valence-electron chi connectivity index (χ1n) is 28.5. The van der Waals surface area contributed by atoms with E-state index in [0.717, 1.165) is 98.8 Å². The number of hydrogen-bond donors (Lipinski definition) is 0. The molecule has 0 aliphatic heterocycles. The van der Waals surface area contributed by atoms with Gasteiger partial charge in [0.2, 0.25) is 5.95 Å². The molecule has 8 nitrogen and oxygen atoms in total. The molecule has 398 valence electrons. The van der Waals surface area contributed by atoms with Crippen LogP contribution in [0, 0.1) is 0 Å². The Hall–Kier alpha value is -10.3. The van der Waals surface area contributed by atoms with Gasteiger partial charge in [-0.25, -0.2) is 15.0 Å². The molecule has 0 N–H and O–H groups in total. The van der Waals surface area contributed by atoms with Gasteiger partial charge in [-0.1, -0.05) is 224 Å². The van der Waals surface area contributed by atoms with Gasteiger partial charge in [0.15, 0.2) is 29.1 Å². The maximum atomic E-state index is 6.05. The van der Waals surface area contributed by atoms with Crippen molar-refractivity contribution in [3.05, 3.63) is 254 Å². The molecular formula is C75H58N8. The van der Waals surface area contributed by atoms with Gasteiger partial charge in [-0.2, -0.15) is 9.97 Å². The average Bonchev–Trinajstić information content (AvgIpc) is 2.42. The van der Waals surface area contributed by atoms with E-state index in [1.807, 2.05) is 36.4 Å². The van der Waals surface area contributed by atoms with Crippen molar-refractivity contribution >= 4 is 65.4 Å². The van der Waals surface area contributed by atoms with E-state index in [0.29, 0.717) is 40.6 Å². The van der Waals surface area contributed by atoms with Crippen molar-refractivity contribution < 1.29 is 0 Å². The quantitative estimate of drug-likeness (QED) is 0.151. The fourth-order valence-corrected chi connectivity index (χ4v) is 12.2. The van der Waals surface area contributed by atoms with E-state index in [1.54, 1.807) is 0 Å². The predicted octanol–water partition coefficient (Wildman–Crippen LogP) is 18.9. The van der Waals surface area contributed by atoms with Gasteiger partial charge in [0.1, 0.15) is 5.56 Å². The summed E-state index contributed by atoms with van der Waals surface area (Å²) in [6, 6.07) is 86.4. The second-order valence-electron chi connectivity index (χ2n) is 23.8. The van der Waals surface area contributed by atoms with Crippen molar-refractivity contribution in [1.82, 2.24) is 38.6 Å². The lowest BCUT2D eigenvalue weighted by Gasteiger charge is -2.21. The van der Waals surface area contributed by atoms with E-state index in [-0.39, 0.29) is 10.8 Å². The number of rotatable bonds is 8. The minimum atomic E-state index is -0.0989. The van der Waals surface area contributed by atoms with Crippen LogP contribution in [-0.4, -0.2) is 38.6 Å². The molecule has 5 aromatic heterocycles. The monoisotopic (exact) mass is 1070 g/mol. The standard InChI is InChI=1S/C75H58N8/c1-74(2,3)53-37-41-65-59(45-53)60-46-54(75(4,5)6)38-42-66(60)83(65)73-79-71(81-61-33-21-19-31-55(61)57-43-51(35-39-63(57)81)47-23-11-7-12-24-47)67(70-77-68(49-27-15-9-16-28-49)76-69(78-70)50-29-17-10-18-30-50)72(80-73)82-62-34-22-20-32-56(62)58-44-52(36-40-64(58)82)48-25-13-8-14-26-48/h7-46H,1-6H3. The summed E-state index contributed by atoms with van der Waals surface area (Å²) >= 11 is 0. The van der Waals surface area contributed by atoms with Crippen LogP contribution in [0.5, 0.6) is 0 Å². The second kappa shape index (κ2) is 19.2. The van der Waals surface area contributed by atoms with E-state index in [4.69, 9.17) is 24.9 Å². The molecule has 0 radical (unpaired) electrons. The Morgan fingerprint density at radius 2 is 0.578 bits per heavy atom. The average molecular weight is 1070 g/mol. The normalized spacial score (nSPS) is 12.2. The van der Waals surface area contributed by atoms with Crippen LogP contribution in [0.2, 0.25) is 0 Å². The molecule has 0 saturated carbocycles. The molecule has 15 rings (SSSR count). The van der Waals surface area contributed by atoms with Gasteiger partial charge in [0, 0.05) is 43.4 Å². The molecule has 0 aliphatic rings. The highest BCUT2D eigenvalue weighted by Crippen LogP contribution is 2.44. The molecule has 0 aliphatic carbocycles. The van der Waals surface area contributed by atoms with Crippen LogP contribution in [0.4, 0.5) is 0 Å². The van der Waals surface area contributed by atoms with Crippen LogP contribution in [0.3, 0.4) is 0 Å². The molecule has 0 unspecified atom stereocenters. The molecular weight excluding hydrogens is 1010 g/mol. The Labute approximate surface area is 481 Å². The van der Waals surface area contributed by atoms with Gasteiger partial charge in [0.05, 0.1) is 33.1 Å². The van der Waals surface area contributed by atoms with Crippen molar-refractivity contribution in [2.24, 2.45) is 0 Å². The minimum Gasteiger partial charge on any atom is -0.293 e. The van der Waals surface area contributed by atoms with Crippen molar-refractivity contribution in [3.63, 3.8) is 0 Å². The first-order valence-corrected chi connectivity index (χ1v) is 28.5. The van der Waals surface area contributed by atoms with Gasteiger partial charge >= 0.3 is 0 Å². The van der Waals surface area contributed by atoms with E-state index < -0.39 is 0 Å². The van der Waals surface area contributed by atoms with Crippen LogP contribution >= 0.6 is 0 Å². The van der Waals surface area contributed by atoms with E-state index >= 15 is 0 Å². The summed E-state index contributed by atoms with van der Waals surface area (Å²) in [6.07, 6.45) is 0. The van der Waals surface area contributed by atoms with Crippen molar-refractivity contribution in [3.8, 4) is 74.0 Å². The molecule has 0 atom stereocenters. The van der Waals surface area contributed by atoms with Crippen LogP contribution in [0.1, 0.15) is 52.7 Å². The Morgan fingerprint density at radius 1 is 0.253 bits per heavy atom. The number of fused-ring (bicyclic) bond motifs is 9. The SMILES string of the molecule is CC(C)(C)c1ccc2c(c1)c1cc(C(C)(C)C)ccc1n2-c1nc(-n2c3ccccc3c3cc(-c4ccccc4)ccc32)c(-c2nc(-c3ccccc3)nc(-c3ccccc3)n2)c(-n2c3ccccc3c3cc(-c4ccccc4)ccc32)n1. The van der Waals surface area contributed by atoms with Crippen molar-refractivity contribution in [2.45, 2.75) is 52.4 Å². The molecule has 8 heteroatoms. The van der Waals surface area contributed by atoms with Crippen LogP contribution in [-0.2, 0) is 10.8 Å². The summed E-state index contributed by atoms with van der Waals surface area (Å²) in [5.41, 5.74) is 15.1. The molecule has 0 amide bonds. The van der Waals surface area contributed by atoms with Gasteiger partial charge < -0.3 is 0 Å². The number of benzene rings is 10. The van der Waals surface area contributed by atoms with Gasteiger partial charge in [-0.05, 0) is 105 Å². The van der Waals surface area contributed by atoms with Gasteiger partial charge in [-0.15, -0.1) is 0 Å². The van der Waals surface area contributed by atoms with Crippen molar-refractivity contribution in [1.29, 1.82) is 0 Å². The lowest BCUT2D eigenvalue weighted by molar-refractivity contribution is 0.590. The van der Waals surface area contributed by atoms with E-state index in [1.165, 1.54) is 11.1 Å². The molecule has 0 saturated heterocycles. The predicted molar refractivity (Wildman–Crippen MR) is 343 cm³/mol. The summed E-state index contributed by atoms with van der Waals surface area (Å²) in [5.74, 6) is 3.24. The van der Waals surface area contributed by atoms with E-state index in [9.17, 15) is 0 Å². The highest BCUT2D eigenvalue weighted by molar-refractivity contribution is 6.13. The Kier molecular flexibility index (Phi) is 11.5. The van der Waals surface area contributed by atoms with Gasteiger partial charge in [-0.3, -0.25) is 13.7 Å². The topological polar surface area (TPSA) is 79.2 Å². The number of para-hydroxylation sites is 2. The largest absolute Gasteiger partial charge is 0.293 e. The zero-order chi connectivity index (χ0) is 56.1. The smallest absolute Gasteiger partial charge is 0.238 e. The third kappa shape index (κ3) is 8.39. The molecule has 10 aromatic carbocycles. The zero-order valence-electron chi connectivity index (χ0n) is 47.2. The molecule has 83 heavy (non-hydrogen) atoms. The summed E-state index contributed by atoms with van der Waals surface area (Å²) in [5, 5.41) is 6.64. The first-order chi connectivity index (χ1) is 40.4. The summed E-state index contributed by atoms with van der Waals surface area (Å²) < 4.78 is 6.92. The lowest BCUT2D eigenvalue weighted by Crippen LogP contribution is -2.15. The molecule has 15 aromatic rings. The third-order valence-corrected chi connectivity index (χ3v) is 16.5. The Bertz CT molecular complexity index is 4710. The summed E-state index contributed by atoms with van der Waals surface area (Å²) in [4.78, 5) is 28.5. The maximum absolute atomic E-state index is 6.05. The first kappa shape index (κ1) is 49.7. The van der Waals surface area contributed by atoms with Crippen LogP contribution in [0.15, 0.2) is 243 Å². The maximum Gasteiger partial charge on any atom is 0.238 e. The Morgan fingerprint density at radius 3 is 0.988 bits per heavy atom. The van der Waals surface area contributed by atoms with Crippen molar-refractivity contribution in [2.75, 3.05) is 0 Å².